The van der Waals surface area contributed by atoms with Crippen molar-refractivity contribution in [3.8, 4) is 5.75 Å². The lowest BCUT2D eigenvalue weighted by molar-refractivity contribution is -0.141. The Morgan fingerprint density at radius 3 is 2.35 bits per heavy atom. The number of aromatic hydroxyl groups is 1. The lowest BCUT2D eigenvalue weighted by atomic mass is 10.1. The molecule has 0 aliphatic carbocycles. The molecule has 138 valence electrons. The van der Waals surface area contributed by atoms with Crippen LogP contribution in [0, 0.1) is 0 Å². The van der Waals surface area contributed by atoms with Crippen LogP contribution in [0.5, 0.6) is 5.75 Å². The van der Waals surface area contributed by atoms with E-state index in [2.05, 4.69) is 5.32 Å². The van der Waals surface area contributed by atoms with Gasteiger partial charge in [0.25, 0.3) is 0 Å². The molecule has 1 amide bonds. The number of hydrogen-bond acceptors (Lipinski definition) is 4. The van der Waals surface area contributed by atoms with E-state index in [1.54, 1.807) is 23.9 Å². The summed E-state index contributed by atoms with van der Waals surface area (Å²) in [5.74, 6) is -0.497. The Morgan fingerprint density at radius 2 is 1.73 bits per heavy atom. The predicted octanol–water partition coefficient (Wildman–Crippen LogP) is 3.73. The summed E-state index contributed by atoms with van der Waals surface area (Å²) in [6.07, 6.45) is 1.07. The maximum atomic E-state index is 12.0. The Balaban J connectivity index is 1.75. The fourth-order valence-corrected chi connectivity index (χ4v) is 3.27. The molecule has 26 heavy (non-hydrogen) atoms. The van der Waals surface area contributed by atoms with Crippen molar-refractivity contribution < 1.29 is 19.8 Å². The number of carbonyl (C=O) groups is 2. The Hall–Kier alpha value is -2.18. The van der Waals surface area contributed by atoms with E-state index in [1.165, 1.54) is 12.1 Å². The molecular formula is C19H20ClNO4S. The molecule has 0 spiro atoms. The van der Waals surface area contributed by atoms with Crippen molar-refractivity contribution in [1.82, 2.24) is 5.32 Å². The van der Waals surface area contributed by atoms with E-state index in [0.717, 1.165) is 16.2 Å². The van der Waals surface area contributed by atoms with Crippen LogP contribution in [0.4, 0.5) is 0 Å². The molecule has 0 aliphatic heterocycles. The number of carbonyl (C=O) groups excluding carboxylic acids is 1. The third-order valence-corrected chi connectivity index (χ3v) is 4.99. The van der Waals surface area contributed by atoms with Gasteiger partial charge in [-0.2, -0.15) is 0 Å². The summed E-state index contributed by atoms with van der Waals surface area (Å²) in [5.41, 5.74) is 0.730. The number of carboxylic acids is 1. The predicted molar refractivity (Wildman–Crippen MR) is 103 cm³/mol. The quantitative estimate of drug-likeness (QED) is 0.446. The molecule has 0 saturated carbocycles. The molecule has 0 aromatic heterocycles. The van der Waals surface area contributed by atoms with E-state index < -0.39 is 12.0 Å². The van der Waals surface area contributed by atoms with Gasteiger partial charge in [0.05, 0.1) is 0 Å². The minimum atomic E-state index is -1.08. The zero-order valence-electron chi connectivity index (χ0n) is 14.0. The first kappa shape index (κ1) is 20.1. The van der Waals surface area contributed by atoms with Gasteiger partial charge < -0.3 is 15.5 Å². The van der Waals surface area contributed by atoms with Gasteiger partial charge in [-0.3, -0.25) is 4.79 Å². The lowest BCUT2D eigenvalue weighted by Gasteiger charge is -2.14. The molecule has 2 aromatic rings. The average molecular weight is 394 g/mol. The molecule has 1 unspecified atom stereocenters. The molecule has 1 atom stereocenters. The van der Waals surface area contributed by atoms with Crippen molar-refractivity contribution in [2.45, 2.75) is 30.2 Å². The minimum absolute atomic E-state index is 0.114. The van der Waals surface area contributed by atoms with Crippen molar-refractivity contribution >= 4 is 35.2 Å². The Bertz CT molecular complexity index is 734. The molecule has 0 saturated heterocycles. The molecule has 0 radical (unpaired) electrons. The van der Waals surface area contributed by atoms with Gasteiger partial charge in [-0.05, 0) is 54.1 Å². The topological polar surface area (TPSA) is 86.6 Å². The minimum Gasteiger partial charge on any atom is -0.508 e. The number of aliphatic carboxylic acids is 1. The number of nitrogens with one attached hydrogen (secondary N) is 1. The number of amides is 1. The highest BCUT2D eigenvalue weighted by atomic mass is 35.5. The fraction of sp³-hybridized carbons (Fsp3) is 0.263. The van der Waals surface area contributed by atoms with Crippen LogP contribution in [-0.2, 0) is 16.0 Å². The molecular weight excluding hydrogens is 374 g/mol. The van der Waals surface area contributed by atoms with Crippen molar-refractivity contribution in [2.75, 3.05) is 5.75 Å². The van der Waals surface area contributed by atoms with Gasteiger partial charge in [-0.1, -0.05) is 23.7 Å². The summed E-state index contributed by atoms with van der Waals surface area (Å²) in [5, 5.41) is 21.8. The molecule has 0 fully saturated rings. The maximum absolute atomic E-state index is 12.0. The third-order valence-electron chi connectivity index (χ3n) is 3.64. The molecule has 7 heteroatoms. The number of hydrogen-bond donors (Lipinski definition) is 3. The Morgan fingerprint density at radius 1 is 1.08 bits per heavy atom. The highest BCUT2D eigenvalue weighted by Gasteiger charge is 2.20. The summed E-state index contributed by atoms with van der Waals surface area (Å²) in [6.45, 7) is 0. The van der Waals surface area contributed by atoms with Gasteiger partial charge in [0.1, 0.15) is 11.8 Å². The normalized spacial score (nSPS) is 11.7. The van der Waals surface area contributed by atoms with Gasteiger partial charge in [0.2, 0.25) is 5.91 Å². The summed E-state index contributed by atoms with van der Waals surface area (Å²) < 4.78 is 0. The first-order valence-corrected chi connectivity index (χ1v) is 9.49. The lowest BCUT2D eigenvalue weighted by Crippen LogP contribution is -2.42. The fourth-order valence-electron chi connectivity index (χ4n) is 2.29. The van der Waals surface area contributed by atoms with E-state index in [-0.39, 0.29) is 24.5 Å². The number of carboxylic acid groups (broad SMARTS) is 1. The Labute approximate surface area is 161 Å². The average Bonchev–Trinajstić information content (AvgIpc) is 2.61. The van der Waals surface area contributed by atoms with E-state index in [1.807, 2.05) is 24.3 Å². The van der Waals surface area contributed by atoms with Gasteiger partial charge in [0, 0.05) is 22.8 Å². The van der Waals surface area contributed by atoms with Crippen LogP contribution in [0.3, 0.4) is 0 Å². The summed E-state index contributed by atoms with van der Waals surface area (Å²) in [4.78, 5) is 24.5. The second-order valence-electron chi connectivity index (χ2n) is 5.73. The molecule has 0 heterocycles. The zero-order chi connectivity index (χ0) is 18.9. The van der Waals surface area contributed by atoms with Crippen molar-refractivity contribution in [2.24, 2.45) is 0 Å². The van der Waals surface area contributed by atoms with Crippen molar-refractivity contribution in [1.29, 1.82) is 0 Å². The van der Waals surface area contributed by atoms with E-state index in [0.29, 0.717) is 11.4 Å². The first-order chi connectivity index (χ1) is 12.4. The maximum Gasteiger partial charge on any atom is 0.326 e. The summed E-state index contributed by atoms with van der Waals surface area (Å²) in [7, 11) is 0. The smallest absolute Gasteiger partial charge is 0.326 e. The Kier molecular flexibility index (Phi) is 7.81. The van der Waals surface area contributed by atoms with Crippen LogP contribution in [0.25, 0.3) is 0 Å². The van der Waals surface area contributed by atoms with Crippen LogP contribution in [0.15, 0.2) is 53.4 Å². The zero-order valence-corrected chi connectivity index (χ0v) is 15.6. The van der Waals surface area contributed by atoms with E-state index in [9.17, 15) is 19.8 Å². The van der Waals surface area contributed by atoms with Crippen LogP contribution < -0.4 is 5.32 Å². The monoisotopic (exact) mass is 393 g/mol. The number of thioether (sulfide) groups is 1. The molecule has 5 nitrogen and oxygen atoms in total. The second kappa shape index (κ2) is 10.1. The first-order valence-electron chi connectivity index (χ1n) is 8.12. The molecule has 0 bridgehead atoms. The second-order valence-corrected chi connectivity index (χ2v) is 7.34. The van der Waals surface area contributed by atoms with Gasteiger partial charge in [0.15, 0.2) is 0 Å². The van der Waals surface area contributed by atoms with Gasteiger partial charge >= 0.3 is 5.97 Å². The van der Waals surface area contributed by atoms with Crippen LogP contribution in [0.1, 0.15) is 18.4 Å². The number of halogens is 1. The van der Waals surface area contributed by atoms with Crippen molar-refractivity contribution in [3.05, 3.63) is 59.1 Å². The van der Waals surface area contributed by atoms with Gasteiger partial charge in [-0.25, -0.2) is 4.79 Å². The largest absolute Gasteiger partial charge is 0.508 e. The number of phenols is 1. The molecule has 0 aliphatic rings. The number of phenolic OH excluding ortho intramolecular Hbond substituents is 1. The van der Waals surface area contributed by atoms with E-state index >= 15 is 0 Å². The van der Waals surface area contributed by atoms with Crippen LogP contribution >= 0.6 is 23.4 Å². The number of benzene rings is 2. The summed E-state index contributed by atoms with van der Waals surface area (Å²) in [6, 6.07) is 12.7. The standard InChI is InChI=1S/C19H20ClNO4S/c20-14-5-9-16(10-6-14)26-11-1-2-18(23)21-17(19(24)25)12-13-3-7-15(22)8-4-13/h3-10,17,22H,1-2,11-12H2,(H,21,23)(H,24,25). The SMILES string of the molecule is O=C(CCCSc1ccc(Cl)cc1)NC(Cc1ccc(O)cc1)C(=O)O. The highest BCUT2D eigenvalue weighted by molar-refractivity contribution is 7.99. The van der Waals surface area contributed by atoms with Gasteiger partial charge in [-0.15, -0.1) is 11.8 Å². The summed E-state index contributed by atoms with van der Waals surface area (Å²) >= 11 is 7.45. The van der Waals surface area contributed by atoms with Crippen LogP contribution in [0.2, 0.25) is 5.02 Å². The molecule has 2 rings (SSSR count). The highest BCUT2D eigenvalue weighted by Crippen LogP contribution is 2.21. The molecule has 3 N–H and O–H groups in total. The van der Waals surface area contributed by atoms with Crippen LogP contribution in [-0.4, -0.2) is 33.9 Å². The van der Waals surface area contributed by atoms with Crippen molar-refractivity contribution in [3.63, 3.8) is 0 Å². The van der Waals surface area contributed by atoms with E-state index in [4.69, 9.17) is 11.6 Å². The molecule has 2 aromatic carbocycles. The number of rotatable bonds is 9. The third kappa shape index (κ3) is 6.98.